The van der Waals surface area contributed by atoms with Gasteiger partial charge in [0, 0.05) is 13.1 Å². The van der Waals surface area contributed by atoms with Gasteiger partial charge in [-0.05, 0) is 6.92 Å². The van der Waals surface area contributed by atoms with E-state index < -0.39 is 17.9 Å². The SMILES string of the molecule is CCN(CC(N)=O)C(=O)NCCn1cc(C(=O)O)nn1. The lowest BCUT2D eigenvalue weighted by Crippen LogP contribution is -2.45. The third kappa shape index (κ3) is 4.55. The zero-order chi connectivity index (χ0) is 15.1. The molecule has 0 fully saturated rings. The molecule has 10 nitrogen and oxygen atoms in total. The van der Waals surface area contributed by atoms with Crippen molar-refractivity contribution in [2.75, 3.05) is 19.6 Å². The molecule has 1 aromatic rings. The van der Waals surface area contributed by atoms with Gasteiger partial charge in [-0.15, -0.1) is 5.10 Å². The van der Waals surface area contributed by atoms with E-state index in [2.05, 4.69) is 15.6 Å². The van der Waals surface area contributed by atoms with Crippen LogP contribution in [0.15, 0.2) is 6.20 Å². The first-order valence-corrected chi connectivity index (χ1v) is 5.88. The Bertz CT molecular complexity index is 500. The van der Waals surface area contributed by atoms with E-state index in [9.17, 15) is 14.4 Å². The van der Waals surface area contributed by atoms with Crippen molar-refractivity contribution in [2.24, 2.45) is 5.73 Å². The Morgan fingerprint density at radius 3 is 2.70 bits per heavy atom. The van der Waals surface area contributed by atoms with Crippen molar-refractivity contribution in [3.05, 3.63) is 11.9 Å². The molecule has 0 unspecified atom stereocenters. The lowest BCUT2D eigenvalue weighted by atomic mass is 10.5. The van der Waals surface area contributed by atoms with Gasteiger partial charge in [-0.1, -0.05) is 5.21 Å². The van der Waals surface area contributed by atoms with Crippen LogP contribution >= 0.6 is 0 Å². The summed E-state index contributed by atoms with van der Waals surface area (Å²) in [6.45, 7) is 2.39. The van der Waals surface area contributed by atoms with Gasteiger partial charge < -0.3 is 21.1 Å². The Kier molecular flexibility index (Phi) is 5.44. The molecule has 0 aliphatic carbocycles. The highest BCUT2D eigenvalue weighted by molar-refractivity contribution is 5.84. The zero-order valence-corrected chi connectivity index (χ0v) is 10.9. The van der Waals surface area contributed by atoms with Crippen LogP contribution in [0.1, 0.15) is 17.4 Å². The van der Waals surface area contributed by atoms with E-state index >= 15 is 0 Å². The van der Waals surface area contributed by atoms with Crippen molar-refractivity contribution in [3.63, 3.8) is 0 Å². The van der Waals surface area contributed by atoms with Crippen molar-refractivity contribution in [1.82, 2.24) is 25.2 Å². The molecule has 1 heterocycles. The molecule has 4 N–H and O–H groups in total. The number of hydrogen-bond donors (Lipinski definition) is 3. The molecule has 0 radical (unpaired) electrons. The second-order valence-electron chi connectivity index (χ2n) is 3.88. The fourth-order valence-electron chi connectivity index (χ4n) is 1.41. The molecule has 10 heteroatoms. The minimum Gasteiger partial charge on any atom is -0.476 e. The number of rotatable bonds is 7. The summed E-state index contributed by atoms with van der Waals surface area (Å²) in [5.74, 6) is -1.76. The maximum absolute atomic E-state index is 11.7. The van der Waals surface area contributed by atoms with Crippen molar-refractivity contribution in [1.29, 1.82) is 0 Å². The van der Waals surface area contributed by atoms with Crippen LogP contribution in [0.5, 0.6) is 0 Å². The van der Waals surface area contributed by atoms with Gasteiger partial charge in [0.1, 0.15) is 6.54 Å². The lowest BCUT2D eigenvalue weighted by molar-refractivity contribution is -0.118. The molecule has 0 bridgehead atoms. The maximum atomic E-state index is 11.7. The molecule has 0 aliphatic rings. The van der Waals surface area contributed by atoms with Gasteiger partial charge in [0.15, 0.2) is 5.69 Å². The predicted molar refractivity (Wildman–Crippen MR) is 66.8 cm³/mol. The van der Waals surface area contributed by atoms with Gasteiger partial charge >= 0.3 is 12.0 Å². The number of carbonyl (C=O) groups excluding carboxylic acids is 2. The smallest absolute Gasteiger partial charge is 0.358 e. The Morgan fingerprint density at radius 2 is 2.20 bits per heavy atom. The first-order valence-electron chi connectivity index (χ1n) is 5.88. The molecule has 1 rings (SSSR count). The Morgan fingerprint density at radius 1 is 1.50 bits per heavy atom. The summed E-state index contributed by atoms with van der Waals surface area (Å²) in [5, 5.41) is 18.3. The molecular weight excluding hydrogens is 268 g/mol. The van der Waals surface area contributed by atoms with E-state index in [0.29, 0.717) is 6.54 Å². The Balaban J connectivity index is 2.40. The average molecular weight is 284 g/mol. The van der Waals surface area contributed by atoms with E-state index in [4.69, 9.17) is 10.8 Å². The van der Waals surface area contributed by atoms with E-state index in [1.54, 1.807) is 6.92 Å². The number of nitrogens with one attached hydrogen (secondary N) is 1. The molecule has 20 heavy (non-hydrogen) atoms. The van der Waals surface area contributed by atoms with Crippen LogP contribution in [-0.4, -0.2) is 62.5 Å². The standard InChI is InChI=1S/C10H16N6O4/c1-2-15(6-8(11)17)10(20)12-3-4-16-5-7(9(18)19)13-14-16/h5H,2-4,6H2,1H3,(H2,11,17)(H,12,20)(H,18,19). The number of amides is 3. The normalized spacial score (nSPS) is 10.1. The highest BCUT2D eigenvalue weighted by atomic mass is 16.4. The number of primary amides is 1. The van der Waals surface area contributed by atoms with Crippen LogP contribution in [0.3, 0.4) is 0 Å². The molecule has 1 aromatic heterocycles. The predicted octanol–water partition coefficient (Wildman–Crippen LogP) is -1.51. The molecule has 0 aliphatic heterocycles. The van der Waals surface area contributed by atoms with Crippen LogP contribution in [0.25, 0.3) is 0 Å². The van der Waals surface area contributed by atoms with E-state index in [1.165, 1.54) is 15.8 Å². The summed E-state index contributed by atoms with van der Waals surface area (Å²) in [4.78, 5) is 34.3. The first kappa shape index (κ1) is 15.4. The first-order chi connectivity index (χ1) is 9.43. The Labute approximate surface area is 114 Å². The summed E-state index contributed by atoms with van der Waals surface area (Å²) < 4.78 is 1.30. The molecule has 0 aromatic carbocycles. The number of carboxylic acids is 1. The van der Waals surface area contributed by atoms with Gasteiger partial charge in [-0.25, -0.2) is 14.3 Å². The summed E-state index contributed by atoms with van der Waals surface area (Å²) in [6.07, 6.45) is 1.26. The summed E-state index contributed by atoms with van der Waals surface area (Å²) >= 11 is 0. The van der Waals surface area contributed by atoms with E-state index in [-0.39, 0.29) is 25.3 Å². The lowest BCUT2D eigenvalue weighted by Gasteiger charge is -2.19. The molecule has 0 saturated carbocycles. The highest BCUT2D eigenvalue weighted by Crippen LogP contribution is 1.93. The number of hydrogen-bond acceptors (Lipinski definition) is 5. The quantitative estimate of drug-likeness (QED) is 0.555. The number of carboxylic acid groups (broad SMARTS) is 1. The van der Waals surface area contributed by atoms with E-state index in [0.717, 1.165) is 0 Å². The average Bonchev–Trinajstić information content (AvgIpc) is 2.84. The third-order valence-corrected chi connectivity index (χ3v) is 2.39. The number of likely N-dealkylation sites (N-methyl/N-ethyl adjacent to an activating group) is 1. The molecule has 3 amide bonds. The summed E-state index contributed by atoms with van der Waals surface area (Å²) in [7, 11) is 0. The molecule has 0 spiro atoms. The Hall–Kier alpha value is -2.65. The topological polar surface area (TPSA) is 143 Å². The third-order valence-electron chi connectivity index (χ3n) is 2.39. The number of urea groups is 1. The van der Waals surface area contributed by atoms with Crippen molar-refractivity contribution in [3.8, 4) is 0 Å². The minimum absolute atomic E-state index is 0.158. The van der Waals surface area contributed by atoms with Crippen molar-refractivity contribution < 1.29 is 19.5 Å². The van der Waals surface area contributed by atoms with Gasteiger partial charge in [0.05, 0.1) is 12.7 Å². The second kappa shape index (κ2) is 7.07. The minimum atomic E-state index is -1.17. The molecular formula is C10H16N6O4. The molecule has 110 valence electrons. The van der Waals surface area contributed by atoms with E-state index in [1.807, 2.05) is 0 Å². The number of aromatic carboxylic acids is 1. The van der Waals surface area contributed by atoms with Crippen molar-refractivity contribution in [2.45, 2.75) is 13.5 Å². The number of nitrogens with two attached hydrogens (primary N) is 1. The van der Waals surface area contributed by atoms with Crippen LogP contribution in [0.4, 0.5) is 4.79 Å². The second-order valence-corrected chi connectivity index (χ2v) is 3.88. The summed E-state index contributed by atoms with van der Waals surface area (Å²) in [5.41, 5.74) is 4.85. The highest BCUT2D eigenvalue weighted by Gasteiger charge is 2.13. The van der Waals surface area contributed by atoms with Gasteiger partial charge in [0.2, 0.25) is 5.91 Å². The fraction of sp³-hybridized carbons (Fsp3) is 0.500. The van der Waals surface area contributed by atoms with Gasteiger partial charge in [-0.2, -0.15) is 0 Å². The maximum Gasteiger partial charge on any atom is 0.358 e. The molecule has 0 saturated heterocycles. The fourth-order valence-corrected chi connectivity index (χ4v) is 1.41. The molecule has 0 atom stereocenters. The number of carbonyl (C=O) groups is 3. The van der Waals surface area contributed by atoms with Gasteiger partial charge in [-0.3, -0.25) is 4.79 Å². The van der Waals surface area contributed by atoms with Crippen LogP contribution in [-0.2, 0) is 11.3 Å². The van der Waals surface area contributed by atoms with Crippen LogP contribution < -0.4 is 11.1 Å². The monoisotopic (exact) mass is 284 g/mol. The van der Waals surface area contributed by atoms with Crippen LogP contribution in [0, 0.1) is 0 Å². The summed E-state index contributed by atoms with van der Waals surface area (Å²) in [6, 6.07) is -0.426. The van der Waals surface area contributed by atoms with Crippen LogP contribution in [0.2, 0.25) is 0 Å². The zero-order valence-electron chi connectivity index (χ0n) is 10.9. The van der Waals surface area contributed by atoms with Crippen molar-refractivity contribution >= 4 is 17.9 Å². The van der Waals surface area contributed by atoms with Gasteiger partial charge in [0.25, 0.3) is 0 Å². The number of aromatic nitrogens is 3. The largest absolute Gasteiger partial charge is 0.476 e. The number of nitrogens with zero attached hydrogens (tertiary/aromatic N) is 4.